The SMILES string of the molecule is CCNCC(C)N1CCC(C)(C)C1. The summed E-state index contributed by atoms with van der Waals surface area (Å²) in [7, 11) is 0. The molecule has 2 nitrogen and oxygen atoms in total. The molecule has 0 aliphatic carbocycles. The summed E-state index contributed by atoms with van der Waals surface area (Å²) < 4.78 is 0. The molecule has 0 amide bonds. The van der Waals surface area contributed by atoms with E-state index >= 15 is 0 Å². The lowest BCUT2D eigenvalue weighted by molar-refractivity contribution is 0.226. The average Bonchev–Trinajstić information content (AvgIpc) is 2.42. The van der Waals surface area contributed by atoms with Crippen molar-refractivity contribution in [1.29, 1.82) is 0 Å². The van der Waals surface area contributed by atoms with Gasteiger partial charge in [-0.2, -0.15) is 0 Å². The summed E-state index contributed by atoms with van der Waals surface area (Å²) in [5.74, 6) is 0. The molecule has 1 rings (SSSR count). The molecular weight excluding hydrogens is 160 g/mol. The van der Waals surface area contributed by atoms with Gasteiger partial charge < -0.3 is 5.32 Å². The first-order chi connectivity index (χ1) is 6.05. The maximum absolute atomic E-state index is 3.41. The van der Waals surface area contributed by atoms with Gasteiger partial charge in [-0.15, -0.1) is 0 Å². The molecule has 0 aromatic carbocycles. The number of nitrogens with zero attached hydrogens (tertiary/aromatic N) is 1. The van der Waals surface area contributed by atoms with Crippen LogP contribution in [0.15, 0.2) is 0 Å². The molecule has 13 heavy (non-hydrogen) atoms. The molecule has 1 aliphatic heterocycles. The third-order valence-corrected chi connectivity index (χ3v) is 3.02. The second-order valence-electron chi connectivity index (χ2n) is 5.04. The van der Waals surface area contributed by atoms with Gasteiger partial charge in [0.2, 0.25) is 0 Å². The average molecular weight is 184 g/mol. The Bertz CT molecular complexity index is 154. The summed E-state index contributed by atoms with van der Waals surface area (Å²) in [4.78, 5) is 2.60. The van der Waals surface area contributed by atoms with Crippen molar-refractivity contribution in [3.8, 4) is 0 Å². The zero-order chi connectivity index (χ0) is 9.90. The van der Waals surface area contributed by atoms with Gasteiger partial charge in [-0.1, -0.05) is 20.8 Å². The standard InChI is InChI=1S/C11H24N2/c1-5-12-8-10(2)13-7-6-11(3,4)9-13/h10,12H,5-9H2,1-4H3. The van der Waals surface area contributed by atoms with Crippen LogP contribution in [0.5, 0.6) is 0 Å². The van der Waals surface area contributed by atoms with Gasteiger partial charge in [0.05, 0.1) is 0 Å². The van der Waals surface area contributed by atoms with Crippen LogP contribution in [-0.2, 0) is 0 Å². The van der Waals surface area contributed by atoms with E-state index < -0.39 is 0 Å². The van der Waals surface area contributed by atoms with Crippen LogP contribution in [0.4, 0.5) is 0 Å². The fourth-order valence-electron chi connectivity index (χ4n) is 2.01. The summed E-state index contributed by atoms with van der Waals surface area (Å²) >= 11 is 0. The molecule has 1 aliphatic rings. The van der Waals surface area contributed by atoms with Crippen LogP contribution in [0.25, 0.3) is 0 Å². The Balaban J connectivity index is 2.29. The minimum absolute atomic E-state index is 0.542. The number of likely N-dealkylation sites (tertiary alicyclic amines) is 1. The second kappa shape index (κ2) is 4.43. The number of hydrogen-bond donors (Lipinski definition) is 1. The molecule has 2 heteroatoms. The molecule has 1 fully saturated rings. The van der Waals surface area contributed by atoms with Crippen molar-refractivity contribution >= 4 is 0 Å². The van der Waals surface area contributed by atoms with Crippen molar-refractivity contribution in [3.63, 3.8) is 0 Å². The smallest absolute Gasteiger partial charge is 0.0192 e. The molecule has 1 heterocycles. The summed E-state index contributed by atoms with van der Waals surface area (Å²) in [5.41, 5.74) is 0.542. The van der Waals surface area contributed by atoms with E-state index in [0.717, 1.165) is 13.1 Å². The van der Waals surface area contributed by atoms with Crippen molar-refractivity contribution in [3.05, 3.63) is 0 Å². The van der Waals surface area contributed by atoms with E-state index in [2.05, 4.69) is 37.9 Å². The predicted molar refractivity (Wildman–Crippen MR) is 58.0 cm³/mol. The molecule has 78 valence electrons. The third kappa shape index (κ3) is 3.28. The van der Waals surface area contributed by atoms with Gasteiger partial charge in [0.1, 0.15) is 0 Å². The first-order valence-electron chi connectivity index (χ1n) is 5.50. The van der Waals surface area contributed by atoms with Crippen molar-refractivity contribution in [2.75, 3.05) is 26.2 Å². The first kappa shape index (κ1) is 11.0. The second-order valence-corrected chi connectivity index (χ2v) is 5.04. The van der Waals surface area contributed by atoms with Gasteiger partial charge in [-0.05, 0) is 31.8 Å². The lowest BCUT2D eigenvalue weighted by Gasteiger charge is -2.26. The van der Waals surface area contributed by atoms with Crippen LogP contribution in [0.1, 0.15) is 34.1 Å². The van der Waals surface area contributed by atoms with E-state index in [1.807, 2.05) is 0 Å². The van der Waals surface area contributed by atoms with Gasteiger partial charge in [0.25, 0.3) is 0 Å². The van der Waals surface area contributed by atoms with Crippen LogP contribution < -0.4 is 5.32 Å². The normalized spacial score (nSPS) is 24.9. The Hall–Kier alpha value is -0.0800. The fourth-order valence-corrected chi connectivity index (χ4v) is 2.01. The van der Waals surface area contributed by atoms with E-state index in [1.54, 1.807) is 0 Å². The minimum atomic E-state index is 0.542. The quantitative estimate of drug-likeness (QED) is 0.715. The van der Waals surface area contributed by atoms with Crippen molar-refractivity contribution in [2.45, 2.75) is 40.2 Å². The van der Waals surface area contributed by atoms with Gasteiger partial charge in [-0.25, -0.2) is 0 Å². The highest BCUT2D eigenvalue weighted by atomic mass is 15.2. The van der Waals surface area contributed by atoms with Crippen LogP contribution in [0, 0.1) is 5.41 Å². The highest BCUT2D eigenvalue weighted by Gasteiger charge is 2.31. The summed E-state index contributed by atoms with van der Waals surface area (Å²) in [6, 6.07) is 0.696. The monoisotopic (exact) mass is 184 g/mol. The molecule has 0 aromatic rings. The van der Waals surface area contributed by atoms with Crippen LogP contribution >= 0.6 is 0 Å². The van der Waals surface area contributed by atoms with Crippen LogP contribution in [0.3, 0.4) is 0 Å². The third-order valence-electron chi connectivity index (χ3n) is 3.02. The molecule has 0 aromatic heterocycles. The first-order valence-corrected chi connectivity index (χ1v) is 5.50. The summed E-state index contributed by atoms with van der Waals surface area (Å²) in [6.45, 7) is 14.0. The predicted octanol–water partition coefficient (Wildman–Crippen LogP) is 1.72. The number of nitrogens with one attached hydrogen (secondary N) is 1. The molecule has 0 bridgehead atoms. The molecule has 1 atom stereocenters. The van der Waals surface area contributed by atoms with Gasteiger partial charge in [0.15, 0.2) is 0 Å². The van der Waals surface area contributed by atoms with Gasteiger partial charge >= 0.3 is 0 Å². The maximum atomic E-state index is 3.41. The lowest BCUT2D eigenvalue weighted by Crippen LogP contribution is -2.39. The molecule has 0 radical (unpaired) electrons. The van der Waals surface area contributed by atoms with E-state index in [9.17, 15) is 0 Å². The number of likely N-dealkylation sites (N-methyl/N-ethyl adjacent to an activating group) is 1. The summed E-state index contributed by atoms with van der Waals surface area (Å²) in [6.07, 6.45) is 1.35. The Morgan fingerprint density at radius 1 is 1.46 bits per heavy atom. The zero-order valence-electron chi connectivity index (χ0n) is 9.56. The number of hydrogen-bond acceptors (Lipinski definition) is 2. The zero-order valence-corrected chi connectivity index (χ0v) is 9.56. The van der Waals surface area contributed by atoms with E-state index in [-0.39, 0.29) is 0 Å². The molecular formula is C11H24N2. The highest BCUT2D eigenvalue weighted by Crippen LogP contribution is 2.29. The van der Waals surface area contributed by atoms with E-state index in [0.29, 0.717) is 11.5 Å². The Kier molecular flexibility index (Phi) is 3.74. The maximum Gasteiger partial charge on any atom is 0.0192 e. The number of rotatable bonds is 4. The highest BCUT2D eigenvalue weighted by molar-refractivity contribution is 4.85. The summed E-state index contributed by atoms with van der Waals surface area (Å²) in [5, 5.41) is 3.41. The van der Waals surface area contributed by atoms with E-state index in [1.165, 1.54) is 19.5 Å². The topological polar surface area (TPSA) is 15.3 Å². The van der Waals surface area contributed by atoms with Crippen molar-refractivity contribution in [1.82, 2.24) is 10.2 Å². The Morgan fingerprint density at radius 3 is 2.62 bits per heavy atom. The molecule has 0 saturated carbocycles. The van der Waals surface area contributed by atoms with Gasteiger partial charge in [0, 0.05) is 19.1 Å². The fraction of sp³-hybridized carbons (Fsp3) is 1.00. The van der Waals surface area contributed by atoms with E-state index in [4.69, 9.17) is 0 Å². The lowest BCUT2D eigenvalue weighted by atomic mass is 9.93. The molecule has 1 unspecified atom stereocenters. The van der Waals surface area contributed by atoms with Crippen LogP contribution in [0.2, 0.25) is 0 Å². The van der Waals surface area contributed by atoms with Crippen molar-refractivity contribution < 1.29 is 0 Å². The minimum Gasteiger partial charge on any atom is -0.315 e. The van der Waals surface area contributed by atoms with Gasteiger partial charge in [-0.3, -0.25) is 4.90 Å². The molecule has 1 N–H and O–H groups in total. The molecule has 0 spiro atoms. The largest absolute Gasteiger partial charge is 0.315 e. The van der Waals surface area contributed by atoms with Crippen molar-refractivity contribution in [2.24, 2.45) is 5.41 Å². The van der Waals surface area contributed by atoms with Crippen LogP contribution in [-0.4, -0.2) is 37.1 Å². The molecule has 1 saturated heterocycles. The Morgan fingerprint density at radius 2 is 2.15 bits per heavy atom. The Labute approximate surface area is 82.7 Å².